The van der Waals surface area contributed by atoms with Gasteiger partial charge in [-0.05, 0) is 6.42 Å². The molecule has 0 radical (unpaired) electrons. The van der Waals surface area contributed by atoms with Crippen LogP contribution in [-0.4, -0.2) is 42.9 Å². The first-order valence-corrected chi connectivity index (χ1v) is 4.48. The molecule has 1 amide bonds. The van der Waals surface area contributed by atoms with Crippen molar-refractivity contribution in [2.24, 2.45) is 5.92 Å². The average Bonchev–Trinajstić information content (AvgIpc) is 2.49. The van der Waals surface area contributed by atoms with Crippen LogP contribution in [0.3, 0.4) is 0 Å². The van der Waals surface area contributed by atoms with Crippen molar-refractivity contribution in [1.82, 2.24) is 9.73 Å². The van der Waals surface area contributed by atoms with Gasteiger partial charge in [0.1, 0.15) is 0 Å². The molecule has 1 aliphatic heterocycles. The van der Waals surface area contributed by atoms with Crippen molar-refractivity contribution >= 4 is 15.3 Å². The molecule has 0 aliphatic carbocycles. The lowest BCUT2D eigenvalue weighted by Gasteiger charge is -2.17. The van der Waals surface area contributed by atoms with Crippen LogP contribution in [-0.2, 0) is 9.63 Å². The fraction of sp³-hybridized carbons (Fsp3) is 0.857. The Bertz CT molecular complexity index is 177. The lowest BCUT2D eigenvalue weighted by molar-refractivity contribution is -0.172. The highest BCUT2D eigenvalue weighted by Crippen LogP contribution is 2.20. The highest BCUT2D eigenvalue weighted by molar-refractivity contribution is 7.13. The van der Waals surface area contributed by atoms with Crippen LogP contribution < -0.4 is 0 Å². The Morgan fingerprint density at radius 2 is 2.42 bits per heavy atom. The van der Waals surface area contributed by atoms with Gasteiger partial charge in [0.25, 0.3) is 0 Å². The minimum Gasteiger partial charge on any atom is -0.287 e. The molecule has 0 saturated carbocycles. The molecule has 12 heavy (non-hydrogen) atoms. The maximum Gasteiger partial charge on any atom is 0.250 e. The molecule has 0 spiro atoms. The molecule has 0 aromatic rings. The van der Waals surface area contributed by atoms with E-state index in [1.165, 1.54) is 12.2 Å². The van der Waals surface area contributed by atoms with Gasteiger partial charge < -0.3 is 0 Å². The topological polar surface area (TPSA) is 32.8 Å². The predicted octanol–water partition coefficient (Wildman–Crippen LogP) is 0.118. The third-order valence-corrected chi connectivity index (χ3v) is 2.62. The van der Waals surface area contributed by atoms with E-state index in [0.29, 0.717) is 0 Å². The summed E-state index contributed by atoms with van der Waals surface area (Å²) in [6, 6.07) is 0. The van der Waals surface area contributed by atoms with Crippen LogP contribution >= 0.6 is 9.39 Å². The number of amides is 1. The highest BCUT2D eigenvalue weighted by atomic mass is 31.0. The lowest BCUT2D eigenvalue weighted by Crippen LogP contribution is -2.32. The van der Waals surface area contributed by atoms with Crippen molar-refractivity contribution in [3.05, 3.63) is 0 Å². The van der Waals surface area contributed by atoms with Gasteiger partial charge in [-0.25, -0.2) is 5.06 Å². The Kier molecular flexibility index (Phi) is 3.44. The summed E-state index contributed by atoms with van der Waals surface area (Å²) in [5.41, 5.74) is 0. The lowest BCUT2D eigenvalue weighted by atomic mass is 10.1. The average molecular weight is 190 g/mol. The molecule has 2 atom stereocenters. The number of carbonyl (C=O) groups is 1. The number of hydroxylamine groups is 2. The fourth-order valence-corrected chi connectivity index (χ4v) is 1.74. The maximum absolute atomic E-state index is 11.5. The molecule has 1 aliphatic rings. The van der Waals surface area contributed by atoms with Gasteiger partial charge in [-0.2, -0.15) is 0 Å². The molecular weight excluding hydrogens is 175 g/mol. The van der Waals surface area contributed by atoms with E-state index in [4.69, 9.17) is 4.84 Å². The van der Waals surface area contributed by atoms with Gasteiger partial charge in [0.2, 0.25) is 5.91 Å². The van der Waals surface area contributed by atoms with E-state index >= 15 is 0 Å². The molecule has 70 valence electrons. The van der Waals surface area contributed by atoms with E-state index in [0.717, 1.165) is 19.5 Å². The third kappa shape index (κ3) is 2.16. The molecule has 0 aromatic heterocycles. The van der Waals surface area contributed by atoms with Crippen molar-refractivity contribution in [1.29, 1.82) is 0 Å². The summed E-state index contributed by atoms with van der Waals surface area (Å²) >= 11 is 0. The predicted molar refractivity (Wildman–Crippen MR) is 49.2 cm³/mol. The van der Waals surface area contributed by atoms with Gasteiger partial charge in [0, 0.05) is 20.1 Å². The summed E-state index contributed by atoms with van der Waals surface area (Å²) in [5.74, 6) is 0.176. The second-order valence-corrected chi connectivity index (χ2v) is 3.73. The molecule has 5 heteroatoms. The first-order chi connectivity index (χ1) is 5.65. The maximum atomic E-state index is 11.5. The van der Waals surface area contributed by atoms with Gasteiger partial charge in [-0.3, -0.25) is 14.3 Å². The van der Waals surface area contributed by atoms with Gasteiger partial charge in [-0.1, -0.05) is 9.39 Å². The summed E-state index contributed by atoms with van der Waals surface area (Å²) in [6.45, 7) is 1.79. The van der Waals surface area contributed by atoms with Crippen molar-refractivity contribution in [2.75, 3.05) is 27.2 Å². The second kappa shape index (κ2) is 4.17. The monoisotopic (exact) mass is 190 g/mol. The Balaban J connectivity index is 2.43. The molecule has 1 rings (SSSR count). The second-order valence-electron chi connectivity index (χ2n) is 3.00. The molecule has 1 saturated heterocycles. The van der Waals surface area contributed by atoms with Gasteiger partial charge in [0.15, 0.2) is 0 Å². The van der Waals surface area contributed by atoms with Crippen LogP contribution in [0.4, 0.5) is 0 Å². The number of hydrogen-bond acceptors (Lipinski definition) is 3. The molecule has 0 bridgehead atoms. The minimum absolute atomic E-state index is 0.0717. The van der Waals surface area contributed by atoms with E-state index in [-0.39, 0.29) is 11.8 Å². The Labute approximate surface area is 75.1 Å². The fourth-order valence-electron chi connectivity index (χ4n) is 1.34. The first-order valence-electron chi connectivity index (χ1n) is 3.96. The SMILES string of the molecule is CON(C)C(=O)C1CCN(P)C1. The van der Waals surface area contributed by atoms with Crippen LogP contribution in [0.15, 0.2) is 0 Å². The molecule has 1 fully saturated rings. The van der Waals surface area contributed by atoms with Crippen molar-refractivity contribution in [3.63, 3.8) is 0 Å². The van der Waals surface area contributed by atoms with E-state index in [1.54, 1.807) is 7.05 Å². The van der Waals surface area contributed by atoms with Crippen LogP contribution in [0, 0.1) is 5.92 Å². The largest absolute Gasteiger partial charge is 0.287 e. The normalized spacial score (nSPS) is 24.4. The van der Waals surface area contributed by atoms with Crippen LogP contribution in [0.2, 0.25) is 0 Å². The molecule has 0 aromatic carbocycles. The molecule has 4 nitrogen and oxygen atoms in total. The standard InChI is InChI=1S/C7H15N2O2P/c1-8(11-2)7(10)6-3-4-9(12)5-6/h6H,3-5,12H2,1-2H3. The summed E-state index contributed by atoms with van der Waals surface area (Å²) < 4.78 is 2.08. The van der Waals surface area contributed by atoms with Crippen molar-refractivity contribution < 1.29 is 9.63 Å². The zero-order valence-corrected chi connectivity index (χ0v) is 8.64. The minimum atomic E-state index is 0.0717. The smallest absolute Gasteiger partial charge is 0.250 e. The summed E-state index contributed by atoms with van der Waals surface area (Å²) in [5, 5.41) is 1.30. The zero-order valence-electron chi connectivity index (χ0n) is 7.49. The first kappa shape index (κ1) is 9.90. The van der Waals surface area contributed by atoms with E-state index < -0.39 is 0 Å². The van der Waals surface area contributed by atoms with Crippen molar-refractivity contribution in [3.8, 4) is 0 Å². The van der Waals surface area contributed by atoms with Gasteiger partial charge in [0.05, 0.1) is 13.0 Å². The third-order valence-electron chi connectivity index (χ3n) is 2.15. The number of rotatable bonds is 2. The molecular formula is C7H15N2O2P. The summed E-state index contributed by atoms with van der Waals surface area (Å²) in [6.07, 6.45) is 0.927. The van der Waals surface area contributed by atoms with Crippen LogP contribution in [0.5, 0.6) is 0 Å². The van der Waals surface area contributed by atoms with Gasteiger partial charge in [-0.15, -0.1) is 0 Å². The quantitative estimate of drug-likeness (QED) is 0.458. The summed E-state index contributed by atoms with van der Waals surface area (Å²) in [4.78, 5) is 16.3. The van der Waals surface area contributed by atoms with E-state index in [9.17, 15) is 4.79 Å². The Morgan fingerprint density at radius 1 is 1.75 bits per heavy atom. The number of hydrogen-bond donors (Lipinski definition) is 0. The Morgan fingerprint density at radius 3 is 2.83 bits per heavy atom. The van der Waals surface area contributed by atoms with E-state index in [1.807, 2.05) is 0 Å². The molecule has 2 unspecified atom stereocenters. The molecule has 1 heterocycles. The number of carbonyl (C=O) groups excluding carboxylic acids is 1. The Hall–Kier alpha value is -0.180. The molecule has 0 N–H and O–H groups in total. The highest BCUT2D eigenvalue weighted by Gasteiger charge is 2.28. The van der Waals surface area contributed by atoms with Gasteiger partial charge >= 0.3 is 0 Å². The van der Waals surface area contributed by atoms with E-state index in [2.05, 4.69) is 14.1 Å². The zero-order chi connectivity index (χ0) is 9.14. The summed E-state index contributed by atoms with van der Waals surface area (Å²) in [7, 11) is 5.76. The van der Waals surface area contributed by atoms with Crippen LogP contribution in [0.25, 0.3) is 0 Å². The van der Waals surface area contributed by atoms with Crippen molar-refractivity contribution in [2.45, 2.75) is 6.42 Å². The number of nitrogens with zero attached hydrogens (tertiary/aromatic N) is 2. The van der Waals surface area contributed by atoms with Crippen LogP contribution in [0.1, 0.15) is 6.42 Å².